The maximum atomic E-state index is 12.8. The van der Waals surface area contributed by atoms with Gasteiger partial charge >= 0.3 is 0 Å². The molecule has 0 spiro atoms. The van der Waals surface area contributed by atoms with E-state index >= 15 is 0 Å². The summed E-state index contributed by atoms with van der Waals surface area (Å²) < 4.78 is 5.38. The first-order valence-corrected chi connectivity index (χ1v) is 9.75. The van der Waals surface area contributed by atoms with Gasteiger partial charge in [0.25, 0.3) is 5.91 Å². The van der Waals surface area contributed by atoms with Gasteiger partial charge in [-0.15, -0.1) is 0 Å². The van der Waals surface area contributed by atoms with Crippen LogP contribution in [-0.2, 0) is 13.1 Å². The van der Waals surface area contributed by atoms with Crippen LogP contribution in [0.3, 0.4) is 0 Å². The molecule has 1 saturated heterocycles. The number of piperidine rings is 1. The van der Waals surface area contributed by atoms with Crippen molar-refractivity contribution in [2.24, 2.45) is 5.92 Å². The van der Waals surface area contributed by atoms with E-state index in [1.807, 2.05) is 43.4 Å². The van der Waals surface area contributed by atoms with Crippen LogP contribution in [0.5, 0.6) is 5.75 Å². The summed E-state index contributed by atoms with van der Waals surface area (Å²) in [5.74, 6) is 1.62. The van der Waals surface area contributed by atoms with Gasteiger partial charge in [0.2, 0.25) is 0 Å². The Bertz CT molecular complexity index is 757. The van der Waals surface area contributed by atoms with Crippen LogP contribution in [0.25, 0.3) is 0 Å². The molecule has 0 aliphatic carbocycles. The molecule has 4 heteroatoms. The Labute approximate surface area is 162 Å². The highest BCUT2D eigenvalue weighted by Crippen LogP contribution is 2.21. The van der Waals surface area contributed by atoms with Crippen LogP contribution in [0.15, 0.2) is 48.5 Å². The second-order valence-electron chi connectivity index (χ2n) is 7.65. The minimum absolute atomic E-state index is 0.0269. The van der Waals surface area contributed by atoms with E-state index in [0.717, 1.165) is 29.3 Å². The number of carbonyl (C=O) groups excluding carboxylic acids is 1. The van der Waals surface area contributed by atoms with Crippen LogP contribution in [0.2, 0.25) is 0 Å². The first kappa shape index (κ1) is 19.4. The van der Waals surface area contributed by atoms with Crippen molar-refractivity contribution in [3.05, 3.63) is 65.2 Å². The van der Waals surface area contributed by atoms with Crippen molar-refractivity contribution in [1.82, 2.24) is 9.80 Å². The van der Waals surface area contributed by atoms with Crippen LogP contribution >= 0.6 is 0 Å². The van der Waals surface area contributed by atoms with Gasteiger partial charge in [0.1, 0.15) is 5.75 Å². The predicted molar refractivity (Wildman–Crippen MR) is 109 cm³/mol. The van der Waals surface area contributed by atoms with Gasteiger partial charge in [-0.05, 0) is 49.1 Å². The van der Waals surface area contributed by atoms with Gasteiger partial charge in [-0.25, -0.2) is 0 Å². The van der Waals surface area contributed by atoms with Gasteiger partial charge < -0.3 is 9.64 Å². The maximum Gasteiger partial charge on any atom is 0.253 e. The van der Waals surface area contributed by atoms with Gasteiger partial charge in [-0.1, -0.05) is 37.3 Å². The molecule has 0 saturated carbocycles. The molecule has 0 N–H and O–H groups in total. The second-order valence-corrected chi connectivity index (χ2v) is 7.65. The molecular weight excluding hydrogens is 336 g/mol. The minimum Gasteiger partial charge on any atom is -0.496 e. The molecule has 2 aromatic rings. The van der Waals surface area contributed by atoms with Crippen LogP contribution < -0.4 is 4.74 Å². The number of hydrogen-bond donors (Lipinski definition) is 0. The van der Waals surface area contributed by atoms with E-state index in [1.165, 1.54) is 31.5 Å². The summed E-state index contributed by atoms with van der Waals surface area (Å²) in [5, 5.41) is 0. The van der Waals surface area contributed by atoms with Gasteiger partial charge in [-0.2, -0.15) is 0 Å². The summed E-state index contributed by atoms with van der Waals surface area (Å²) in [6.07, 6.45) is 2.62. The lowest BCUT2D eigenvalue weighted by Crippen LogP contribution is -2.33. The normalized spacial score (nSPS) is 17.5. The van der Waals surface area contributed by atoms with Gasteiger partial charge in [0.05, 0.1) is 7.11 Å². The summed E-state index contributed by atoms with van der Waals surface area (Å²) >= 11 is 0. The van der Waals surface area contributed by atoms with E-state index < -0.39 is 0 Å². The number of amides is 1. The Kier molecular flexibility index (Phi) is 6.51. The Morgan fingerprint density at radius 1 is 1.19 bits per heavy atom. The molecule has 1 aliphatic heterocycles. The first-order chi connectivity index (χ1) is 13.1. The zero-order chi connectivity index (χ0) is 19.2. The van der Waals surface area contributed by atoms with Crippen molar-refractivity contribution in [2.45, 2.75) is 32.9 Å². The molecule has 1 fully saturated rings. The van der Waals surface area contributed by atoms with Gasteiger partial charge in [-0.3, -0.25) is 9.69 Å². The number of methoxy groups -OCH3 is 1. The number of nitrogens with zero attached hydrogens (tertiary/aromatic N) is 2. The molecule has 0 radical (unpaired) electrons. The molecule has 0 bridgehead atoms. The molecule has 1 atom stereocenters. The number of carbonyl (C=O) groups is 1. The van der Waals surface area contributed by atoms with Crippen LogP contribution in [0.1, 0.15) is 41.3 Å². The number of para-hydroxylation sites is 1. The van der Waals surface area contributed by atoms with Crippen LogP contribution in [0.4, 0.5) is 0 Å². The van der Waals surface area contributed by atoms with Crippen molar-refractivity contribution >= 4 is 5.91 Å². The highest BCUT2D eigenvalue weighted by Gasteiger charge is 2.17. The third-order valence-electron chi connectivity index (χ3n) is 5.29. The maximum absolute atomic E-state index is 12.8. The molecule has 4 nitrogen and oxygen atoms in total. The van der Waals surface area contributed by atoms with Crippen LogP contribution in [-0.4, -0.2) is 43.0 Å². The van der Waals surface area contributed by atoms with Crippen molar-refractivity contribution in [2.75, 3.05) is 27.2 Å². The Balaban J connectivity index is 1.61. The zero-order valence-corrected chi connectivity index (χ0v) is 16.6. The molecule has 0 unspecified atom stereocenters. The Hall–Kier alpha value is -2.33. The van der Waals surface area contributed by atoms with E-state index in [1.54, 1.807) is 12.0 Å². The van der Waals surface area contributed by atoms with Gasteiger partial charge in [0, 0.05) is 37.8 Å². The number of ether oxygens (including phenoxy) is 1. The fourth-order valence-corrected chi connectivity index (χ4v) is 3.82. The molecule has 1 amide bonds. The van der Waals surface area contributed by atoms with Crippen molar-refractivity contribution in [1.29, 1.82) is 0 Å². The molecule has 144 valence electrons. The highest BCUT2D eigenvalue weighted by atomic mass is 16.5. The number of benzene rings is 2. The monoisotopic (exact) mass is 366 g/mol. The predicted octanol–water partition coefficient (Wildman–Crippen LogP) is 4.20. The molecule has 3 rings (SSSR count). The van der Waals surface area contributed by atoms with E-state index in [-0.39, 0.29) is 5.91 Å². The average Bonchev–Trinajstić information content (AvgIpc) is 2.68. The van der Waals surface area contributed by atoms with Gasteiger partial charge in [0.15, 0.2) is 0 Å². The summed E-state index contributed by atoms with van der Waals surface area (Å²) in [5.41, 5.74) is 3.00. The lowest BCUT2D eigenvalue weighted by molar-refractivity contribution is 0.0784. The molecule has 1 heterocycles. The van der Waals surface area contributed by atoms with E-state index in [2.05, 4.69) is 24.0 Å². The van der Waals surface area contributed by atoms with E-state index in [0.29, 0.717) is 6.54 Å². The average molecular weight is 367 g/mol. The first-order valence-electron chi connectivity index (χ1n) is 9.75. The minimum atomic E-state index is 0.0269. The van der Waals surface area contributed by atoms with Crippen LogP contribution in [0, 0.1) is 5.92 Å². The van der Waals surface area contributed by atoms with Crippen molar-refractivity contribution in [3.63, 3.8) is 0 Å². The van der Waals surface area contributed by atoms with E-state index in [4.69, 9.17) is 4.74 Å². The second kappa shape index (κ2) is 9.05. The molecule has 27 heavy (non-hydrogen) atoms. The Morgan fingerprint density at radius 2 is 1.93 bits per heavy atom. The summed E-state index contributed by atoms with van der Waals surface area (Å²) in [7, 11) is 3.49. The lowest BCUT2D eigenvalue weighted by atomic mass is 9.99. The smallest absolute Gasteiger partial charge is 0.253 e. The molecular formula is C23H30N2O2. The third-order valence-corrected chi connectivity index (χ3v) is 5.29. The van der Waals surface area contributed by atoms with E-state index in [9.17, 15) is 4.79 Å². The quantitative estimate of drug-likeness (QED) is 0.768. The van der Waals surface area contributed by atoms with Crippen molar-refractivity contribution in [3.8, 4) is 5.75 Å². The largest absolute Gasteiger partial charge is 0.496 e. The SMILES string of the molecule is COc1ccccc1CN(C)C(=O)c1ccc(CN2CCC[C@@H](C)C2)cc1. The number of likely N-dealkylation sites (tertiary alicyclic amines) is 1. The molecule has 0 aromatic heterocycles. The zero-order valence-electron chi connectivity index (χ0n) is 16.6. The summed E-state index contributed by atoms with van der Waals surface area (Å²) in [6, 6.07) is 15.9. The summed E-state index contributed by atoms with van der Waals surface area (Å²) in [6.45, 7) is 6.16. The molecule has 1 aliphatic rings. The summed E-state index contributed by atoms with van der Waals surface area (Å²) in [4.78, 5) is 17.0. The molecule has 2 aromatic carbocycles. The lowest BCUT2D eigenvalue weighted by Gasteiger charge is -2.30. The topological polar surface area (TPSA) is 32.8 Å². The third kappa shape index (κ3) is 5.10. The van der Waals surface area contributed by atoms with Crippen molar-refractivity contribution < 1.29 is 9.53 Å². The number of hydrogen-bond acceptors (Lipinski definition) is 3. The number of rotatable bonds is 6. The fraction of sp³-hybridized carbons (Fsp3) is 0.435. The fourth-order valence-electron chi connectivity index (χ4n) is 3.82. The standard InChI is InChI=1S/C23H30N2O2/c1-18-7-6-14-25(15-18)16-19-10-12-20(13-11-19)23(26)24(2)17-21-8-4-5-9-22(21)27-3/h4-5,8-13,18H,6-7,14-17H2,1-3H3/t18-/m1/s1. The Morgan fingerprint density at radius 3 is 2.63 bits per heavy atom. The highest BCUT2D eigenvalue weighted by molar-refractivity contribution is 5.94.